The number of nitrogens with one attached hydrogen (secondary N) is 5. The molecule has 12 nitrogen and oxygen atoms in total. The first kappa shape index (κ1) is 30.1. The minimum atomic E-state index is -0.973. The van der Waals surface area contributed by atoms with Gasteiger partial charge in [0.1, 0.15) is 17.7 Å². The Morgan fingerprint density at radius 3 is 2.57 bits per heavy atom. The fraction of sp³-hybridized carbons (Fsp3) is 0.633. The van der Waals surface area contributed by atoms with Crippen molar-refractivity contribution in [3.8, 4) is 0 Å². The molecule has 2 saturated heterocycles. The summed E-state index contributed by atoms with van der Waals surface area (Å²) in [7, 11) is 0. The van der Waals surface area contributed by atoms with E-state index in [0.29, 0.717) is 32.1 Å². The van der Waals surface area contributed by atoms with Gasteiger partial charge in [0.25, 0.3) is 0 Å². The molecule has 2 aromatic rings. The van der Waals surface area contributed by atoms with E-state index in [2.05, 4.69) is 31.5 Å². The molecule has 1 unspecified atom stereocenters. The topological polar surface area (TPSA) is 167 Å². The monoisotopic (exact) mass is 582 g/mol. The van der Waals surface area contributed by atoms with Crippen molar-refractivity contribution in [2.24, 2.45) is 5.92 Å². The van der Waals surface area contributed by atoms with Gasteiger partial charge in [-0.3, -0.25) is 24.3 Å². The minimum absolute atomic E-state index is 0.130. The maximum absolute atomic E-state index is 13.8. The van der Waals surface area contributed by atoms with Crippen molar-refractivity contribution in [1.82, 2.24) is 31.5 Å². The predicted molar refractivity (Wildman–Crippen MR) is 154 cm³/mol. The molecule has 1 saturated carbocycles. The highest BCUT2D eigenvalue weighted by Crippen LogP contribution is 2.33. The van der Waals surface area contributed by atoms with Crippen molar-refractivity contribution in [3.63, 3.8) is 0 Å². The van der Waals surface area contributed by atoms with E-state index < -0.39 is 35.5 Å². The number of morpholine rings is 1. The summed E-state index contributed by atoms with van der Waals surface area (Å²) in [5.74, 6) is -1.02. The third-order valence-electron chi connectivity index (χ3n) is 8.54. The van der Waals surface area contributed by atoms with Crippen LogP contribution in [0.3, 0.4) is 0 Å². The molecule has 1 aromatic heterocycles. The van der Waals surface area contributed by atoms with E-state index in [1.807, 2.05) is 18.2 Å². The van der Waals surface area contributed by atoms with Crippen molar-refractivity contribution < 1.29 is 28.7 Å². The summed E-state index contributed by atoms with van der Waals surface area (Å²) in [5.41, 5.74) is 0.800. The summed E-state index contributed by atoms with van der Waals surface area (Å²) in [6.07, 6.45) is 6.62. The molecule has 5 N–H and O–H groups in total. The van der Waals surface area contributed by atoms with Gasteiger partial charge in [-0.05, 0) is 43.9 Å². The quantitative estimate of drug-likeness (QED) is 0.217. The molecule has 3 aliphatic rings. The van der Waals surface area contributed by atoms with Gasteiger partial charge >= 0.3 is 0 Å². The van der Waals surface area contributed by atoms with Crippen LogP contribution in [0.15, 0.2) is 24.4 Å². The van der Waals surface area contributed by atoms with Crippen LogP contribution >= 0.6 is 0 Å². The second-order valence-electron chi connectivity index (χ2n) is 12.1. The second-order valence-corrected chi connectivity index (χ2v) is 12.1. The summed E-state index contributed by atoms with van der Waals surface area (Å²) in [6.45, 7) is 5.52. The number of fused-ring (bicyclic) bond motifs is 1. The Balaban J connectivity index is 1.28. The molecular formula is C30H42N6O6. The number of rotatable bonds is 13. The van der Waals surface area contributed by atoms with E-state index in [1.165, 1.54) is 0 Å². The molecule has 5 atom stereocenters. The third kappa shape index (κ3) is 7.73. The smallest absolute Gasteiger partial charge is 0.243 e. The van der Waals surface area contributed by atoms with E-state index in [-0.39, 0.29) is 30.6 Å². The summed E-state index contributed by atoms with van der Waals surface area (Å²) in [5, 5.41) is 19.5. The molecule has 0 spiro atoms. The first-order chi connectivity index (χ1) is 20.2. The van der Waals surface area contributed by atoms with Crippen LogP contribution in [0.25, 0.3) is 10.9 Å². The van der Waals surface area contributed by atoms with Gasteiger partial charge in [-0.2, -0.15) is 5.10 Å². The van der Waals surface area contributed by atoms with Crippen LogP contribution in [0.4, 0.5) is 0 Å². The minimum Gasteiger partial charge on any atom is -0.375 e. The van der Waals surface area contributed by atoms with E-state index in [1.54, 1.807) is 20.0 Å². The first-order valence-electron chi connectivity index (χ1n) is 15.0. The number of amides is 3. The zero-order chi connectivity index (χ0) is 29.7. The van der Waals surface area contributed by atoms with Crippen LogP contribution < -0.4 is 21.3 Å². The molecule has 3 fully saturated rings. The molecule has 228 valence electrons. The number of H-pyrrole nitrogens is 1. The van der Waals surface area contributed by atoms with Gasteiger partial charge in [0.2, 0.25) is 17.7 Å². The third-order valence-corrected chi connectivity index (χ3v) is 8.54. The molecular weight excluding hydrogens is 540 g/mol. The van der Waals surface area contributed by atoms with Gasteiger partial charge < -0.3 is 30.7 Å². The van der Waals surface area contributed by atoms with Gasteiger partial charge in [-0.25, -0.2) is 0 Å². The van der Waals surface area contributed by atoms with Crippen LogP contribution in [0.1, 0.15) is 57.9 Å². The van der Waals surface area contributed by atoms with Crippen molar-refractivity contribution in [2.45, 2.75) is 88.6 Å². The Kier molecular flexibility index (Phi) is 9.54. The van der Waals surface area contributed by atoms with E-state index >= 15 is 0 Å². The molecule has 5 rings (SSSR count). The number of hydrogen-bond acceptors (Lipinski definition) is 8. The van der Waals surface area contributed by atoms with Crippen molar-refractivity contribution in [2.75, 3.05) is 26.3 Å². The standard InChI is InChI=1S/C30H42N6O6/c1-18(33-26(37)14-22-16-31-9-10-41-22)28(39)35-25(13-20-7-8-23-21(11-20)15-32-36-23)29(40)34-24(12-19-5-3-4-6-19)27(38)30(2)17-42-30/h7-8,11,15,18-19,22,24-25,31H,3-6,9-10,12-14,16-17H2,1-2H3,(H,32,36)(H,33,37)(H,34,40)(H,35,39)/t18-,22?,24-,25-,30+/m0/s1. The van der Waals surface area contributed by atoms with Gasteiger partial charge in [0.05, 0.1) is 43.5 Å². The number of aromatic nitrogens is 2. The Morgan fingerprint density at radius 1 is 1.10 bits per heavy atom. The fourth-order valence-electron chi connectivity index (χ4n) is 5.89. The molecule has 12 heteroatoms. The normalized spacial score (nSPS) is 24.5. The van der Waals surface area contributed by atoms with Crippen LogP contribution in [0.5, 0.6) is 0 Å². The maximum Gasteiger partial charge on any atom is 0.243 e. The van der Waals surface area contributed by atoms with Gasteiger partial charge in [-0.1, -0.05) is 31.7 Å². The Morgan fingerprint density at radius 2 is 1.86 bits per heavy atom. The number of aromatic amines is 1. The Bertz CT molecular complexity index is 1280. The summed E-state index contributed by atoms with van der Waals surface area (Å²) < 4.78 is 11.0. The Labute approximate surface area is 245 Å². The lowest BCUT2D eigenvalue weighted by Crippen LogP contribution is -2.57. The maximum atomic E-state index is 13.8. The zero-order valence-corrected chi connectivity index (χ0v) is 24.4. The number of benzene rings is 1. The zero-order valence-electron chi connectivity index (χ0n) is 24.4. The van der Waals surface area contributed by atoms with Crippen molar-refractivity contribution in [1.29, 1.82) is 0 Å². The lowest BCUT2D eigenvalue weighted by molar-refractivity contribution is -0.134. The highest BCUT2D eigenvalue weighted by atomic mass is 16.6. The van der Waals surface area contributed by atoms with Crippen LogP contribution in [0.2, 0.25) is 0 Å². The summed E-state index contributed by atoms with van der Waals surface area (Å²) >= 11 is 0. The van der Waals surface area contributed by atoms with Crippen molar-refractivity contribution >= 4 is 34.4 Å². The number of carbonyl (C=O) groups excluding carboxylic acids is 4. The molecule has 2 aliphatic heterocycles. The van der Waals surface area contributed by atoms with Crippen molar-refractivity contribution in [3.05, 3.63) is 30.0 Å². The lowest BCUT2D eigenvalue weighted by atomic mass is 9.90. The van der Waals surface area contributed by atoms with Gasteiger partial charge in [0.15, 0.2) is 5.78 Å². The lowest BCUT2D eigenvalue weighted by Gasteiger charge is -2.27. The molecule has 1 aliphatic carbocycles. The predicted octanol–water partition coefficient (Wildman–Crippen LogP) is 0.897. The number of carbonyl (C=O) groups is 4. The molecule has 0 radical (unpaired) electrons. The number of Topliss-reactive ketones (excluding diaryl/α,β-unsaturated/α-hetero) is 1. The first-order valence-corrected chi connectivity index (χ1v) is 15.0. The van der Waals surface area contributed by atoms with Crippen LogP contribution in [0, 0.1) is 5.92 Å². The molecule has 3 heterocycles. The Hall–Kier alpha value is -3.35. The fourth-order valence-corrected chi connectivity index (χ4v) is 5.89. The summed E-state index contributed by atoms with van der Waals surface area (Å²) in [6, 6.07) is 3.10. The highest BCUT2D eigenvalue weighted by molar-refractivity contribution is 5.98. The molecule has 42 heavy (non-hydrogen) atoms. The summed E-state index contributed by atoms with van der Waals surface area (Å²) in [4.78, 5) is 53.0. The highest BCUT2D eigenvalue weighted by Gasteiger charge is 2.50. The van der Waals surface area contributed by atoms with Gasteiger partial charge in [0, 0.05) is 24.9 Å². The van der Waals surface area contributed by atoms with Gasteiger partial charge in [-0.15, -0.1) is 0 Å². The molecule has 3 amide bonds. The number of epoxide rings is 1. The number of ether oxygens (including phenoxy) is 2. The average molecular weight is 583 g/mol. The van der Waals surface area contributed by atoms with E-state index in [4.69, 9.17) is 9.47 Å². The number of hydrogen-bond donors (Lipinski definition) is 5. The largest absolute Gasteiger partial charge is 0.375 e. The molecule has 1 aromatic carbocycles. The van der Waals surface area contributed by atoms with E-state index in [0.717, 1.165) is 48.7 Å². The van der Waals surface area contributed by atoms with E-state index in [9.17, 15) is 19.2 Å². The van der Waals surface area contributed by atoms with Crippen LogP contribution in [-0.4, -0.2) is 89.8 Å². The second kappa shape index (κ2) is 13.3. The number of ketones is 1. The van der Waals surface area contributed by atoms with Crippen LogP contribution in [-0.2, 0) is 35.1 Å². The average Bonchev–Trinajstić information content (AvgIpc) is 3.32. The number of nitrogens with zero attached hydrogens (tertiary/aromatic N) is 1. The SMILES string of the molecule is C[C@H](NC(=O)CC1CNCCO1)C(=O)N[C@@H](Cc1ccc2[nH]ncc2c1)C(=O)N[C@@H](CC1CCCC1)C(=O)[C@@]1(C)CO1. The molecule has 0 bridgehead atoms.